The molecule has 7 nitrogen and oxygen atoms in total. The highest BCUT2D eigenvalue weighted by Gasteiger charge is 2.30. The third-order valence-electron chi connectivity index (χ3n) is 2.89. The van der Waals surface area contributed by atoms with Crippen LogP contribution in [0.25, 0.3) is 0 Å². The Morgan fingerprint density at radius 3 is 2.68 bits per heavy atom. The van der Waals surface area contributed by atoms with Gasteiger partial charge < -0.3 is 19.3 Å². The molecule has 0 aliphatic carbocycles. The van der Waals surface area contributed by atoms with Gasteiger partial charge >= 0.3 is 17.9 Å². The van der Waals surface area contributed by atoms with Gasteiger partial charge in [-0.3, -0.25) is 0 Å². The van der Waals surface area contributed by atoms with Gasteiger partial charge in [0.2, 0.25) is 6.29 Å². The predicted molar refractivity (Wildman–Crippen MR) is 72.9 cm³/mol. The molecule has 0 fully saturated rings. The van der Waals surface area contributed by atoms with Crippen molar-refractivity contribution in [1.82, 2.24) is 0 Å². The molecule has 1 aliphatic heterocycles. The Morgan fingerprint density at radius 2 is 2.00 bits per heavy atom. The molecule has 1 heterocycles. The number of carbonyl (C=O) groups is 3. The molecule has 0 bridgehead atoms. The summed E-state index contributed by atoms with van der Waals surface area (Å²) in [6.07, 6.45) is -1.31. The summed E-state index contributed by atoms with van der Waals surface area (Å²) in [4.78, 5) is 34.4. The number of aliphatic hydroxyl groups is 1. The Balaban J connectivity index is 1.91. The van der Waals surface area contributed by atoms with Gasteiger partial charge in [0.15, 0.2) is 0 Å². The minimum Gasteiger partial charge on any atom is -0.459 e. The van der Waals surface area contributed by atoms with Gasteiger partial charge in [-0.05, 0) is 19.1 Å². The number of esters is 3. The molecule has 0 saturated carbocycles. The quantitative estimate of drug-likeness (QED) is 0.376. The molecule has 1 N–H and O–H groups in total. The fraction of sp³-hybridized carbons (Fsp3) is 0.267. The smallest absolute Gasteiger partial charge is 0.341 e. The van der Waals surface area contributed by atoms with Crippen molar-refractivity contribution in [2.45, 2.75) is 13.2 Å². The summed E-state index contributed by atoms with van der Waals surface area (Å²) in [5.41, 5.74) is 0.811. The number of cyclic esters (lactones) is 1. The Kier molecular flexibility index (Phi) is 4.57. The van der Waals surface area contributed by atoms with E-state index in [0.29, 0.717) is 5.56 Å². The van der Waals surface area contributed by atoms with Gasteiger partial charge in [-0.15, -0.1) is 0 Å². The van der Waals surface area contributed by atoms with Crippen molar-refractivity contribution in [2.24, 2.45) is 0 Å². The lowest BCUT2D eigenvalue weighted by Gasteiger charge is -2.07. The second-order valence-electron chi connectivity index (χ2n) is 4.61. The minimum atomic E-state index is -1.31. The summed E-state index contributed by atoms with van der Waals surface area (Å²) in [5.74, 6) is -1.94. The number of benzene rings is 1. The number of hydrogen-bond donors (Lipinski definition) is 1. The number of carbonyl (C=O) groups excluding carboxylic acids is 3. The van der Waals surface area contributed by atoms with E-state index in [4.69, 9.17) is 9.47 Å². The van der Waals surface area contributed by atoms with Gasteiger partial charge in [0.1, 0.15) is 13.2 Å². The molecule has 1 aromatic carbocycles. The van der Waals surface area contributed by atoms with E-state index in [0.717, 1.165) is 0 Å². The van der Waals surface area contributed by atoms with Crippen molar-refractivity contribution in [3.8, 4) is 0 Å². The minimum absolute atomic E-state index is 0.0941. The third-order valence-corrected chi connectivity index (χ3v) is 2.89. The third kappa shape index (κ3) is 3.32. The monoisotopic (exact) mass is 306 g/mol. The predicted octanol–water partition coefficient (Wildman–Crippen LogP) is 1.12. The van der Waals surface area contributed by atoms with Crippen LogP contribution in [0, 0.1) is 0 Å². The molecule has 2 rings (SSSR count). The van der Waals surface area contributed by atoms with Gasteiger partial charge in [0.05, 0.1) is 11.1 Å². The van der Waals surface area contributed by atoms with E-state index in [1.54, 1.807) is 0 Å². The van der Waals surface area contributed by atoms with E-state index in [2.05, 4.69) is 11.3 Å². The van der Waals surface area contributed by atoms with Crippen molar-refractivity contribution in [3.05, 3.63) is 47.0 Å². The lowest BCUT2D eigenvalue weighted by atomic mass is 10.1. The fourth-order valence-electron chi connectivity index (χ4n) is 1.78. The van der Waals surface area contributed by atoms with Gasteiger partial charge in [0, 0.05) is 11.1 Å². The highest BCUT2D eigenvalue weighted by Crippen LogP contribution is 2.29. The summed E-state index contributed by atoms with van der Waals surface area (Å²) < 4.78 is 14.3. The average molecular weight is 306 g/mol. The van der Waals surface area contributed by atoms with Crippen LogP contribution < -0.4 is 0 Å². The van der Waals surface area contributed by atoms with Crippen LogP contribution in [0.1, 0.15) is 39.5 Å². The Labute approximate surface area is 126 Å². The lowest BCUT2D eigenvalue weighted by Crippen LogP contribution is -2.14. The molecule has 116 valence electrons. The molecule has 22 heavy (non-hydrogen) atoms. The summed E-state index contributed by atoms with van der Waals surface area (Å²) in [5, 5.41) is 9.44. The van der Waals surface area contributed by atoms with Crippen molar-refractivity contribution in [1.29, 1.82) is 0 Å². The second kappa shape index (κ2) is 6.40. The highest BCUT2D eigenvalue weighted by atomic mass is 16.6. The van der Waals surface area contributed by atoms with Crippen LogP contribution in [0.5, 0.6) is 0 Å². The summed E-state index contributed by atoms with van der Waals surface area (Å²) in [6, 6.07) is 4.12. The standard InChI is InChI=1S/C15H14O7/c1-8(2)12(16)20-5-6-21-13(17)9-3-4-10-11(7-9)15(19)22-14(10)18/h3-4,7,14,18H,1,5-6H2,2H3. The van der Waals surface area contributed by atoms with Crippen molar-refractivity contribution >= 4 is 17.9 Å². The zero-order chi connectivity index (χ0) is 16.3. The van der Waals surface area contributed by atoms with E-state index in [9.17, 15) is 19.5 Å². The fourth-order valence-corrected chi connectivity index (χ4v) is 1.78. The normalized spacial score (nSPS) is 15.7. The summed E-state index contributed by atoms with van der Waals surface area (Å²) in [6.45, 7) is 4.71. The Bertz CT molecular complexity index is 647. The molecule has 7 heteroatoms. The maximum Gasteiger partial charge on any atom is 0.341 e. The van der Waals surface area contributed by atoms with E-state index >= 15 is 0 Å². The maximum atomic E-state index is 11.8. The lowest BCUT2D eigenvalue weighted by molar-refractivity contribution is -0.140. The largest absolute Gasteiger partial charge is 0.459 e. The zero-order valence-electron chi connectivity index (χ0n) is 11.8. The molecule has 0 radical (unpaired) electrons. The molecule has 0 amide bonds. The molecule has 1 atom stereocenters. The van der Waals surface area contributed by atoms with Crippen LogP contribution in [0.15, 0.2) is 30.4 Å². The van der Waals surface area contributed by atoms with Crippen LogP contribution in [0.2, 0.25) is 0 Å². The first-order valence-electron chi connectivity index (χ1n) is 6.43. The van der Waals surface area contributed by atoms with Crippen molar-refractivity contribution in [3.63, 3.8) is 0 Å². The van der Waals surface area contributed by atoms with E-state index in [-0.39, 0.29) is 29.9 Å². The topological polar surface area (TPSA) is 99.1 Å². The number of rotatable bonds is 5. The van der Waals surface area contributed by atoms with Crippen LogP contribution >= 0.6 is 0 Å². The van der Waals surface area contributed by atoms with Gasteiger partial charge in [-0.2, -0.15) is 0 Å². The first-order chi connectivity index (χ1) is 10.4. The molecule has 1 aromatic rings. The van der Waals surface area contributed by atoms with Crippen LogP contribution in [-0.2, 0) is 19.0 Å². The van der Waals surface area contributed by atoms with Crippen LogP contribution in [0.3, 0.4) is 0 Å². The second-order valence-corrected chi connectivity index (χ2v) is 4.61. The van der Waals surface area contributed by atoms with E-state index in [1.165, 1.54) is 25.1 Å². The summed E-state index contributed by atoms with van der Waals surface area (Å²) >= 11 is 0. The molecular formula is C15H14O7. The molecule has 1 aliphatic rings. The van der Waals surface area contributed by atoms with Gasteiger partial charge in [-0.25, -0.2) is 14.4 Å². The first kappa shape index (κ1) is 15.7. The van der Waals surface area contributed by atoms with Crippen LogP contribution in [-0.4, -0.2) is 36.2 Å². The first-order valence-corrected chi connectivity index (χ1v) is 6.43. The molecule has 0 aromatic heterocycles. The maximum absolute atomic E-state index is 11.8. The van der Waals surface area contributed by atoms with E-state index in [1.807, 2.05) is 0 Å². The molecule has 0 spiro atoms. The Hall–Kier alpha value is -2.67. The number of fused-ring (bicyclic) bond motifs is 1. The average Bonchev–Trinajstić information content (AvgIpc) is 2.77. The van der Waals surface area contributed by atoms with Crippen molar-refractivity contribution in [2.75, 3.05) is 13.2 Å². The number of aliphatic hydroxyl groups excluding tert-OH is 1. The van der Waals surface area contributed by atoms with Gasteiger partial charge in [-0.1, -0.05) is 12.6 Å². The number of hydrogen-bond acceptors (Lipinski definition) is 7. The zero-order valence-corrected chi connectivity index (χ0v) is 11.8. The van der Waals surface area contributed by atoms with Crippen LogP contribution in [0.4, 0.5) is 0 Å². The van der Waals surface area contributed by atoms with E-state index < -0.39 is 24.2 Å². The number of ether oxygens (including phenoxy) is 3. The SMILES string of the molecule is C=C(C)C(=O)OCCOC(=O)c1ccc2c(c1)C(=O)OC2O. The summed E-state index contributed by atoms with van der Waals surface area (Å²) in [7, 11) is 0. The molecule has 0 saturated heterocycles. The molecular weight excluding hydrogens is 292 g/mol. The molecule has 1 unspecified atom stereocenters. The Morgan fingerprint density at radius 1 is 1.32 bits per heavy atom. The van der Waals surface area contributed by atoms with Crippen molar-refractivity contribution < 1.29 is 33.7 Å². The van der Waals surface area contributed by atoms with Gasteiger partial charge in [0.25, 0.3) is 0 Å². The highest BCUT2D eigenvalue weighted by molar-refractivity contribution is 5.98.